The lowest BCUT2D eigenvalue weighted by atomic mass is 10.3. The molecule has 0 atom stereocenters. The summed E-state index contributed by atoms with van der Waals surface area (Å²) in [7, 11) is 0. The molecule has 0 saturated heterocycles. The second-order valence-electron chi connectivity index (χ2n) is 2.11. The van der Waals surface area contributed by atoms with Crippen molar-refractivity contribution in [3.63, 3.8) is 0 Å². The second-order valence-corrected chi connectivity index (χ2v) is 4.61. The van der Waals surface area contributed by atoms with E-state index in [2.05, 4.69) is 47.8 Å². The molecule has 1 rings (SSSR count). The Bertz CT molecular complexity index is 354. The smallest absolute Gasteiger partial charge is 0.327 e. The number of benzene rings is 1. The number of hydrogen-bond donors (Lipinski definition) is 1. The Kier molecular flexibility index (Phi) is 3.31. The summed E-state index contributed by atoms with van der Waals surface area (Å²) in [6.45, 7) is 0. The van der Waals surface area contributed by atoms with Crippen LogP contribution in [0.2, 0.25) is 0 Å². The Morgan fingerprint density at radius 3 is 2.31 bits per heavy atom. The Morgan fingerprint density at radius 2 is 1.85 bits per heavy atom. The molecule has 0 aromatic heterocycles. The van der Waals surface area contributed by atoms with Gasteiger partial charge in [0.2, 0.25) is 5.75 Å². The molecule has 0 saturated carbocycles. The molecule has 1 N–H and O–H groups in total. The average molecular weight is 376 g/mol. The van der Waals surface area contributed by atoms with Crippen LogP contribution in [0.15, 0.2) is 19.5 Å². The van der Waals surface area contributed by atoms with E-state index in [1.54, 1.807) is 0 Å². The van der Waals surface area contributed by atoms with Crippen LogP contribution < -0.4 is 0 Å². The Morgan fingerprint density at radius 1 is 1.31 bits per heavy atom. The lowest BCUT2D eigenvalue weighted by Gasteiger charge is -2.02. The molecule has 0 aliphatic rings. The predicted molar refractivity (Wildman–Crippen MR) is 57.9 cm³/mol. The molecular weight excluding hydrogens is 374 g/mol. The molecule has 0 fully saturated rings. The van der Waals surface area contributed by atoms with E-state index in [0.29, 0.717) is 4.47 Å². The van der Waals surface area contributed by atoms with Gasteiger partial charge in [-0.2, -0.15) is 0 Å². The number of nitro benzene ring substituents is 1. The molecule has 70 valence electrons. The minimum absolute atomic E-state index is 0.221. The minimum atomic E-state index is -0.658. The van der Waals surface area contributed by atoms with Gasteiger partial charge >= 0.3 is 5.69 Å². The Balaban J connectivity index is 3.56. The molecule has 13 heavy (non-hydrogen) atoms. The highest BCUT2D eigenvalue weighted by Crippen LogP contribution is 2.43. The molecule has 0 spiro atoms. The maximum absolute atomic E-state index is 10.5. The number of halogens is 3. The number of phenols is 1. The Hall–Kier alpha value is -0.140. The normalized spacial score (nSPS) is 10.1. The van der Waals surface area contributed by atoms with Gasteiger partial charge in [0.15, 0.2) is 0 Å². The number of phenolic OH excluding ortho intramolecular Hbond substituents is 1. The van der Waals surface area contributed by atoms with E-state index >= 15 is 0 Å². The summed E-state index contributed by atoms with van der Waals surface area (Å²) in [5.74, 6) is -0.389. The van der Waals surface area contributed by atoms with Gasteiger partial charge < -0.3 is 5.11 Å². The van der Waals surface area contributed by atoms with Crippen molar-refractivity contribution in [2.24, 2.45) is 0 Å². The summed E-state index contributed by atoms with van der Waals surface area (Å²) in [5.41, 5.74) is -0.360. The lowest BCUT2D eigenvalue weighted by Crippen LogP contribution is -1.91. The molecule has 0 heterocycles. The van der Waals surface area contributed by atoms with Gasteiger partial charge in [-0.05, 0) is 53.9 Å². The van der Waals surface area contributed by atoms with Gasteiger partial charge in [0.1, 0.15) is 4.47 Å². The summed E-state index contributed by atoms with van der Waals surface area (Å²) in [6, 6.07) is 1.52. The predicted octanol–water partition coefficient (Wildman–Crippen LogP) is 3.59. The van der Waals surface area contributed by atoms with Crippen molar-refractivity contribution in [1.82, 2.24) is 0 Å². The number of aromatic hydroxyl groups is 1. The van der Waals surface area contributed by atoms with Gasteiger partial charge in [-0.3, -0.25) is 10.1 Å². The molecule has 0 amide bonds. The van der Waals surface area contributed by atoms with Crippen molar-refractivity contribution >= 4 is 53.5 Å². The number of nitrogens with zero attached hydrogens (tertiary/aromatic N) is 1. The molecule has 1 aromatic rings. The van der Waals surface area contributed by atoms with E-state index in [4.69, 9.17) is 0 Å². The summed E-state index contributed by atoms with van der Waals surface area (Å²) in [4.78, 5) is 9.86. The summed E-state index contributed by atoms with van der Waals surface area (Å²) >= 11 is 9.10. The third kappa shape index (κ3) is 2.03. The highest BCUT2D eigenvalue weighted by molar-refractivity contribution is 9.13. The van der Waals surface area contributed by atoms with Gasteiger partial charge in [0.05, 0.1) is 9.40 Å². The van der Waals surface area contributed by atoms with Crippen LogP contribution in [-0.2, 0) is 0 Å². The highest BCUT2D eigenvalue weighted by atomic mass is 79.9. The molecule has 0 aliphatic carbocycles. The molecule has 4 nitrogen and oxygen atoms in total. The molecule has 0 unspecified atom stereocenters. The Labute approximate surface area is 98.5 Å². The van der Waals surface area contributed by atoms with E-state index in [0.717, 1.165) is 0 Å². The van der Waals surface area contributed by atoms with Gasteiger partial charge in [-0.25, -0.2) is 0 Å². The zero-order chi connectivity index (χ0) is 10.2. The quantitative estimate of drug-likeness (QED) is 0.463. The molecule has 0 aliphatic heterocycles. The van der Waals surface area contributed by atoms with Crippen molar-refractivity contribution in [2.75, 3.05) is 0 Å². The maximum Gasteiger partial charge on any atom is 0.327 e. The van der Waals surface area contributed by atoms with Crippen molar-refractivity contribution < 1.29 is 10.0 Å². The molecule has 1 aromatic carbocycles. The fourth-order valence-electron chi connectivity index (χ4n) is 0.740. The molecule has 0 radical (unpaired) electrons. The summed E-state index contributed by atoms with van der Waals surface area (Å²) < 4.78 is 0.997. The number of nitro groups is 1. The molecule has 7 heteroatoms. The van der Waals surface area contributed by atoms with Crippen LogP contribution in [-0.4, -0.2) is 10.0 Å². The van der Waals surface area contributed by atoms with Crippen LogP contribution in [0.25, 0.3) is 0 Å². The fourth-order valence-corrected chi connectivity index (χ4v) is 2.33. The topological polar surface area (TPSA) is 63.4 Å². The summed E-state index contributed by atoms with van der Waals surface area (Å²) in [6.07, 6.45) is 0. The third-order valence-corrected chi connectivity index (χ3v) is 3.87. The van der Waals surface area contributed by atoms with E-state index in [9.17, 15) is 15.2 Å². The minimum Gasteiger partial charge on any atom is -0.501 e. The SMILES string of the molecule is O=[N+]([O-])c1c(O)c(Br)cc(Br)c1Br. The van der Waals surface area contributed by atoms with Crippen molar-refractivity contribution in [2.45, 2.75) is 0 Å². The third-order valence-electron chi connectivity index (χ3n) is 1.30. The number of rotatable bonds is 1. The summed E-state index contributed by atoms with van der Waals surface area (Å²) in [5, 5.41) is 19.9. The van der Waals surface area contributed by atoms with Crippen molar-refractivity contribution in [1.29, 1.82) is 0 Å². The first-order valence-corrected chi connectivity index (χ1v) is 5.34. The lowest BCUT2D eigenvalue weighted by molar-refractivity contribution is -0.386. The van der Waals surface area contributed by atoms with Gasteiger partial charge in [-0.15, -0.1) is 0 Å². The fraction of sp³-hybridized carbons (Fsp3) is 0. The first kappa shape index (κ1) is 10.9. The van der Waals surface area contributed by atoms with Crippen LogP contribution in [0.1, 0.15) is 0 Å². The largest absolute Gasteiger partial charge is 0.501 e. The monoisotopic (exact) mass is 373 g/mol. The van der Waals surface area contributed by atoms with E-state index in [-0.39, 0.29) is 20.4 Å². The van der Waals surface area contributed by atoms with E-state index in [1.807, 2.05) is 0 Å². The van der Waals surface area contributed by atoms with Crippen LogP contribution in [0, 0.1) is 10.1 Å². The first-order chi connectivity index (χ1) is 5.95. The number of hydrogen-bond acceptors (Lipinski definition) is 3. The van der Waals surface area contributed by atoms with Crippen LogP contribution in [0.3, 0.4) is 0 Å². The zero-order valence-corrected chi connectivity index (χ0v) is 10.7. The van der Waals surface area contributed by atoms with Gasteiger partial charge in [-0.1, -0.05) is 0 Å². The van der Waals surface area contributed by atoms with Crippen molar-refractivity contribution in [3.8, 4) is 5.75 Å². The van der Waals surface area contributed by atoms with Gasteiger partial charge in [0.25, 0.3) is 0 Å². The van der Waals surface area contributed by atoms with Crippen molar-refractivity contribution in [3.05, 3.63) is 29.6 Å². The van der Waals surface area contributed by atoms with Crippen LogP contribution in [0.4, 0.5) is 5.69 Å². The van der Waals surface area contributed by atoms with Crippen LogP contribution >= 0.6 is 47.8 Å². The highest BCUT2D eigenvalue weighted by Gasteiger charge is 2.23. The zero-order valence-electron chi connectivity index (χ0n) is 5.92. The van der Waals surface area contributed by atoms with E-state index < -0.39 is 4.92 Å². The molecular formula is C6H2Br3NO3. The van der Waals surface area contributed by atoms with Gasteiger partial charge in [0, 0.05) is 4.47 Å². The van der Waals surface area contributed by atoms with Crippen LogP contribution in [0.5, 0.6) is 5.75 Å². The first-order valence-electron chi connectivity index (χ1n) is 2.96. The van der Waals surface area contributed by atoms with E-state index in [1.165, 1.54) is 6.07 Å². The molecule has 0 bridgehead atoms. The standard InChI is InChI=1S/C6H2Br3NO3/c7-2-1-3(8)6(11)5(4(2)9)10(12)13/h1,11H. The second kappa shape index (κ2) is 3.93. The average Bonchev–Trinajstić information content (AvgIpc) is 2.01. The maximum atomic E-state index is 10.5.